The van der Waals surface area contributed by atoms with E-state index in [9.17, 15) is 9.36 Å². The Kier molecular flexibility index (Phi) is 6.94. The van der Waals surface area contributed by atoms with Crippen molar-refractivity contribution in [3.05, 3.63) is 0 Å². The molecule has 0 bridgehead atoms. The minimum absolute atomic E-state index is 0.0940. The smallest absolute Gasteiger partial charge is 0.366 e. The summed E-state index contributed by atoms with van der Waals surface area (Å²) in [5.74, 6) is -1.40. The molecule has 0 amide bonds. The standard InChI is InChI=1S/C10H21O6P/c1-4-10(5-2,6-3)8-15-16-17(13,14)7-9(11)12/h4-8H2,1-3H3,(H,11,12)(H,13,14). The van der Waals surface area contributed by atoms with E-state index in [1.807, 2.05) is 20.8 Å². The van der Waals surface area contributed by atoms with Crippen molar-refractivity contribution in [2.24, 2.45) is 5.41 Å². The van der Waals surface area contributed by atoms with Crippen LogP contribution < -0.4 is 0 Å². The minimum Gasteiger partial charge on any atom is -0.481 e. The first-order valence-corrected chi connectivity index (χ1v) is 7.42. The molecule has 1 atom stereocenters. The van der Waals surface area contributed by atoms with E-state index in [1.165, 1.54) is 0 Å². The van der Waals surface area contributed by atoms with Crippen LogP contribution >= 0.6 is 7.60 Å². The molecule has 6 nitrogen and oxygen atoms in total. The van der Waals surface area contributed by atoms with Gasteiger partial charge in [0.05, 0.1) is 6.61 Å². The van der Waals surface area contributed by atoms with E-state index in [1.54, 1.807) is 0 Å². The van der Waals surface area contributed by atoms with Crippen LogP contribution in [0.3, 0.4) is 0 Å². The molecule has 0 spiro atoms. The van der Waals surface area contributed by atoms with Gasteiger partial charge in [-0.3, -0.25) is 9.36 Å². The number of aliphatic carboxylic acids is 1. The van der Waals surface area contributed by atoms with Crippen LogP contribution in [0.5, 0.6) is 0 Å². The summed E-state index contributed by atoms with van der Waals surface area (Å²) in [6.45, 7) is 6.20. The monoisotopic (exact) mass is 268 g/mol. The van der Waals surface area contributed by atoms with E-state index in [-0.39, 0.29) is 12.0 Å². The molecule has 2 N–H and O–H groups in total. The van der Waals surface area contributed by atoms with Crippen molar-refractivity contribution in [2.45, 2.75) is 40.0 Å². The normalized spacial score (nSPS) is 15.5. The zero-order valence-electron chi connectivity index (χ0n) is 10.5. The molecule has 0 aromatic rings. The summed E-state index contributed by atoms with van der Waals surface area (Å²) in [5, 5.41) is 8.38. The second-order valence-corrected chi connectivity index (χ2v) is 5.83. The quantitative estimate of drug-likeness (QED) is 0.379. The van der Waals surface area contributed by atoms with Gasteiger partial charge in [0.25, 0.3) is 0 Å². The first-order chi connectivity index (χ1) is 7.81. The highest BCUT2D eigenvalue weighted by Crippen LogP contribution is 2.42. The summed E-state index contributed by atoms with van der Waals surface area (Å²) in [6.07, 6.45) is 1.62. The van der Waals surface area contributed by atoms with Gasteiger partial charge in [0.15, 0.2) is 0 Å². The van der Waals surface area contributed by atoms with E-state index in [4.69, 9.17) is 14.9 Å². The van der Waals surface area contributed by atoms with Crippen LogP contribution in [0.4, 0.5) is 0 Å². The van der Waals surface area contributed by atoms with Gasteiger partial charge in [-0.25, -0.2) is 4.89 Å². The first-order valence-electron chi connectivity index (χ1n) is 5.65. The predicted molar refractivity (Wildman–Crippen MR) is 62.7 cm³/mol. The molecule has 17 heavy (non-hydrogen) atoms. The molecule has 0 rings (SSSR count). The lowest BCUT2D eigenvalue weighted by molar-refractivity contribution is -0.236. The molecular weight excluding hydrogens is 247 g/mol. The van der Waals surface area contributed by atoms with Gasteiger partial charge in [-0.1, -0.05) is 20.8 Å². The molecule has 0 heterocycles. The molecule has 7 heteroatoms. The van der Waals surface area contributed by atoms with Gasteiger partial charge in [-0.15, -0.1) is 4.67 Å². The Hall–Kier alpha value is -0.420. The van der Waals surface area contributed by atoms with Crippen LogP contribution in [0.1, 0.15) is 40.0 Å². The summed E-state index contributed by atoms with van der Waals surface area (Å²) in [7, 11) is -4.19. The second kappa shape index (κ2) is 7.11. The largest absolute Gasteiger partial charge is 0.481 e. The fourth-order valence-corrected chi connectivity index (χ4v) is 2.10. The van der Waals surface area contributed by atoms with Crippen molar-refractivity contribution in [1.29, 1.82) is 0 Å². The zero-order chi connectivity index (χ0) is 13.5. The third-order valence-corrected chi connectivity index (χ3v) is 4.13. The number of hydrogen-bond donors (Lipinski definition) is 2. The molecule has 0 aliphatic heterocycles. The van der Waals surface area contributed by atoms with Crippen molar-refractivity contribution in [1.82, 2.24) is 0 Å². The summed E-state index contributed by atoms with van der Waals surface area (Å²) in [5.41, 5.74) is -0.0940. The van der Waals surface area contributed by atoms with Gasteiger partial charge in [-0.05, 0) is 24.7 Å². The van der Waals surface area contributed by atoms with E-state index in [0.29, 0.717) is 0 Å². The molecule has 102 valence electrons. The Balaban J connectivity index is 4.21. The number of carboxylic acids is 1. The van der Waals surface area contributed by atoms with Gasteiger partial charge in [0.1, 0.15) is 6.16 Å². The molecular formula is C10H21O6P. The lowest BCUT2D eigenvalue weighted by atomic mass is 9.81. The average molecular weight is 268 g/mol. The Labute approximate surface area is 101 Å². The van der Waals surface area contributed by atoms with E-state index < -0.39 is 19.7 Å². The van der Waals surface area contributed by atoms with Crippen LogP contribution in [0.15, 0.2) is 0 Å². The predicted octanol–water partition coefficient (Wildman–Crippen LogP) is 2.42. The summed E-state index contributed by atoms with van der Waals surface area (Å²) < 4.78 is 15.5. The Morgan fingerprint density at radius 3 is 2.06 bits per heavy atom. The Morgan fingerprint density at radius 2 is 1.71 bits per heavy atom. The SMILES string of the molecule is CCC(CC)(CC)COOP(=O)(O)CC(=O)O. The summed E-state index contributed by atoms with van der Waals surface area (Å²) >= 11 is 0. The number of carboxylic acid groups (broad SMARTS) is 1. The topological polar surface area (TPSA) is 93.1 Å². The van der Waals surface area contributed by atoms with Crippen molar-refractivity contribution < 1.29 is 28.9 Å². The second-order valence-electron chi connectivity index (χ2n) is 4.09. The van der Waals surface area contributed by atoms with E-state index in [0.717, 1.165) is 19.3 Å². The van der Waals surface area contributed by atoms with Crippen molar-refractivity contribution in [2.75, 3.05) is 12.8 Å². The molecule has 0 aromatic heterocycles. The summed E-state index contributed by atoms with van der Waals surface area (Å²) in [6, 6.07) is 0. The van der Waals surface area contributed by atoms with Gasteiger partial charge in [-0.2, -0.15) is 0 Å². The number of hydrogen-bond acceptors (Lipinski definition) is 4. The van der Waals surface area contributed by atoms with Crippen LogP contribution in [0, 0.1) is 5.41 Å². The van der Waals surface area contributed by atoms with Crippen molar-refractivity contribution in [3.63, 3.8) is 0 Å². The molecule has 0 aliphatic carbocycles. The van der Waals surface area contributed by atoms with Gasteiger partial charge in [0, 0.05) is 0 Å². The fraction of sp³-hybridized carbons (Fsp3) is 0.900. The Bertz CT molecular complexity index is 278. The summed E-state index contributed by atoms with van der Waals surface area (Å²) in [4.78, 5) is 24.2. The van der Waals surface area contributed by atoms with Crippen LogP contribution in [0.2, 0.25) is 0 Å². The third kappa shape index (κ3) is 6.17. The molecule has 0 saturated carbocycles. The number of carbonyl (C=O) groups is 1. The molecule has 0 saturated heterocycles. The average Bonchev–Trinajstić information content (AvgIpc) is 2.23. The van der Waals surface area contributed by atoms with Crippen LogP contribution in [-0.4, -0.2) is 28.7 Å². The minimum atomic E-state index is -4.19. The molecule has 0 aliphatic rings. The highest BCUT2D eigenvalue weighted by atomic mass is 31.2. The van der Waals surface area contributed by atoms with Crippen molar-refractivity contribution >= 4 is 13.6 Å². The highest BCUT2D eigenvalue weighted by Gasteiger charge is 2.29. The first kappa shape index (κ1) is 16.6. The maximum Gasteiger partial charge on any atom is 0.366 e. The maximum absolute atomic E-state index is 11.2. The Morgan fingerprint density at radius 1 is 1.24 bits per heavy atom. The fourth-order valence-electron chi connectivity index (χ4n) is 1.49. The zero-order valence-corrected chi connectivity index (χ0v) is 11.4. The lowest BCUT2D eigenvalue weighted by Gasteiger charge is -2.29. The van der Waals surface area contributed by atoms with E-state index in [2.05, 4.69) is 4.67 Å². The maximum atomic E-state index is 11.2. The van der Waals surface area contributed by atoms with Gasteiger partial charge in [0.2, 0.25) is 0 Å². The van der Waals surface area contributed by atoms with E-state index >= 15 is 0 Å². The van der Waals surface area contributed by atoms with Crippen molar-refractivity contribution in [3.8, 4) is 0 Å². The molecule has 0 radical (unpaired) electrons. The van der Waals surface area contributed by atoms with Crippen LogP contribution in [-0.2, 0) is 18.9 Å². The molecule has 0 fully saturated rings. The highest BCUT2D eigenvalue weighted by molar-refractivity contribution is 7.53. The van der Waals surface area contributed by atoms with Gasteiger partial charge < -0.3 is 10.00 Å². The lowest BCUT2D eigenvalue weighted by Crippen LogP contribution is -2.24. The molecule has 0 aromatic carbocycles. The molecule has 1 unspecified atom stereocenters. The van der Waals surface area contributed by atoms with Gasteiger partial charge >= 0.3 is 13.6 Å². The third-order valence-electron chi connectivity index (χ3n) is 3.12. The van der Waals surface area contributed by atoms with Crippen LogP contribution in [0.25, 0.3) is 0 Å². The number of rotatable bonds is 9.